The van der Waals surface area contributed by atoms with E-state index in [1.807, 2.05) is 29.9 Å². The van der Waals surface area contributed by atoms with E-state index in [2.05, 4.69) is 46.9 Å². The topological polar surface area (TPSA) is 50.6 Å². The van der Waals surface area contributed by atoms with Crippen molar-refractivity contribution in [3.05, 3.63) is 53.9 Å². The van der Waals surface area contributed by atoms with Crippen LogP contribution in [0, 0.1) is 0 Å². The van der Waals surface area contributed by atoms with Crippen molar-refractivity contribution in [1.29, 1.82) is 0 Å². The number of benzene rings is 1. The number of aromatic nitrogens is 1. The molecule has 1 unspecified atom stereocenters. The largest absolute Gasteiger partial charge is 0.497 e. The number of ether oxygens (including phenoxy) is 1. The second kappa shape index (κ2) is 9.01. The number of guanidine groups is 1. The van der Waals surface area contributed by atoms with Crippen LogP contribution in [0.25, 0.3) is 0 Å². The minimum atomic E-state index is 0.482. The van der Waals surface area contributed by atoms with Crippen LogP contribution in [0.2, 0.25) is 0 Å². The van der Waals surface area contributed by atoms with Crippen molar-refractivity contribution in [2.24, 2.45) is 12.0 Å². The normalized spacial score (nSPS) is 12.8. The number of hydrogen-bond donors (Lipinski definition) is 2. The lowest BCUT2D eigenvalue weighted by atomic mass is 9.98. The van der Waals surface area contributed by atoms with Gasteiger partial charge in [-0.3, -0.25) is 4.99 Å². The molecule has 1 atom stereocenters. The zero-order valence-corrected chi connectivity index (χ0v) is 15.0. The standard InChI is InChI=1S/C19H28N4O/c1-15(17-5-7-18(24-4)8-6-17)9-11-21-19(20-2)22-13-16-10-12-23(3)14-16/h5-8,10,12,14-15H,9,11,13H2,1-4H3,(H2,20,21,22). The van der Waals surface area contributed by atoms with Crippen molar-refractivity contribution in [3.8, 4) is 5.75 Å². The van der Waals surface area contributed by atoms with E-state index in [0.717, 1.165) is 31.2 Å². The molecule has 0 aliphatic rings. The molecule has 0 aliphatic heterocycles. The summed E-state index contributed by atoms with van der Waals surface area (Å²) >= 11 is 0. The quantitative estimate of drug-likeness (QED) is 0.607. The number of nitrogens with one attached hydrogen (secondary N) is 2. The van der Waals surface area contributed by atoms with Crippen molar-refractivity contribution < 1.29 is 4.74 Å². The summed E-state index contributed by atoms with van der Waals surface area (Å²) in [6, 6.07) is 10.4. The third kappa shape index (κ3) is 5.33. The van der Waals surface area contributed by atoms with Gasteiger partial charge in [0.2, 0.25) is 0 Å². The number of aryl methyl sites for hydroxylation is 1. The summed E-state index contributed by atoms with van der Waals surface area (Å²) < 4.78 is 7.25. The zero-order chi connectivity index (χ0) is 17.4. The number of hydrogen-bond acceptors (Lipinski definition) is 2. The van der Waals surface area contributed by atoms with Crippen molar-refractivity contribution in [2.45, 2.75) is 25.8 Å². The van der Waals surface area contributed by atoms with Crippen molar-refractivity contribution >= 4 is 5.96 Å². The molecule has 2 aromatic rings. The number of rotatable bonds is 7. The van der Waals surface area contributed by atoms with Crippen LogP contribution in [0.3, 0.4) is 0 Å². The second-order valence-corrected chi connectivity index (χ2v) is 6.00. The molecule has 1 aromatic heterocycles. The van der Waals surface area contributed by atoms with Crippen LogP contribution >= 0.6 is 0 Å². The molecule has 2 N–H and O–H groups in total. The lowest BCUT2D eigenvalue weighted by molar-refractivity contribution is 0.414. The van der Waals surface area contributed by atoms with Crippen molar-refractivity contribution in [2.75, 3.05) is 20.7 Å². The van der Waals surface area contributed by atoms with Gasteiger partial charge in [0, 0.05) is 39.6 Å². The summed E-state index contributed by atoms with van der Waals surface area (Å²) in [6.07, 6.45) is 5.19. The first-order valence-electron chi connectivity index (χ1n) is 8.31. The maximum absolute atomic E-state index is 5.20. The molecule has 0 radical (unpaired) electrons. The van der Waals surface area contributed by atoms with Gasteiger partial charge in [-0.15, -0.1) is 0 Å². The van der Waals surface area contributed by atoms with Gasteiger partial charge in [-0.1, -0.05) is 19.1 Å². The van der Waals surface area contributed by atoms with E-state index in [1.165, 1.54) is 11.1 Å². The zero-order valence-electron chi connectivity index (χ0n) is 15.0. The highest BCUT2D eigenvalue weighted by Crippen LogP contribution is 2.21. The Morgan fingerprint density at radius 1 is 1.21 bits per heavy atom. The third-order valence-corrected chi connectivity index (χ3v) is 4.13. The van der Waals surface area contributed by atoms with Crippen molar-refractivity contribution in [1.82, 2.24) is 15.2 Å². The van der Waals surface area contributed by atoms with Gasteiger partial charge in [0.05, 0.1) is 7.11 Å². The summed E-state index contributed by atoms with van der Waals surface area (Å²) in [6.45, 7) is 3.89. The Bertz CT molecular complexity index is 646. The van der Waals surface area contributed by atoms with E-state index in [9.17, 15) is 0 Å². The molecular weight excluding hydrogens is 300 g/mol. The van der Waals surface area contributed by atoms with Gasteiger partial charge in [-0.2, -0.15) is 0 Å². The molecule has 0 fully saturated rings. The van der Waals surface area contributed by atoms with Crippen molar-refractivity contribution in [3.63, 3.8) is 0 Å². The SMILES string of the molecule is CN=C(NCCC(C)c1ccc(OC)cc1)NCc1ccn(C)c1. The van der Waals surface area contributed by atoms with Crippen LogP contribution in [0.1, 0.15) is 30.4 Å². The number of aliphatic imine (C=N–C) groups is 1. The van der Waals surface area contributed by atoms with Crippen LogP contribution in [0.15, 0.2) is 47.7 Å². The maximum atomic E-state index is 5.20. The van der Waals surface area contributed by atoms with Crippen LogP contribution in [-0.4, -0.2) is 31.2 Å². The van der Waals surface area contributed by atoms with Gasteiger partial charge in [0.1, 0.15) is 5.75 Å². The first kappa shape index (κ1) is 17.9. The Balaban J connectivity index is 1.74. The molecule has 0 aliphatic carbocycles. The van der Waals surface area contributed by atoms with Gasteiger partial charge in [0.25, 0.3) is 0 Å². The van der Waals surface area contributed by atoms with E-state index >= 15 is 0 Å². The fraction of sp³-hybridized carbons (Fsp3) is 0.421. The Labute approximate surface area is 144 Å². The monoisotopic (exact) mass is 328 g/mol. The fourth-order valence-electron chi connectivity index (χ4n) is 2.58. The molecule has 0 saturated heterocycles. The summed E-state index contributed by atoms with van der Waals surface area (Å²) in [5.74, 6) is 2.21. The Morgan fingerprint density at radius 2 is 1.96 bits per heavy atom. The summed E-state index contributed by atoms with van der Waals surface area (Å²) in [4.78, 5) is 4.27. The molecule has 2 rings (SSSR count). The molecule has 24 heavy (non-hydrogen) atoms. The van der Waals surface area contributed by atoms with E-state index in [-0.39, 0.29) is 0 Å². The van der Waals surface area contributed by atoms with Crippen LogP contribution in [0.5, 0.6) is 5.75 Å². The highest BCUT2D eigenvalue weighted by Gasteiger charge is 2.06. The fourth-order valence-corrected chi connectivity index (χ4v) is 2.58. The molecule has 0 spiro atoms. The molecular formula is C19H28N4O. The highest BCUT2D eigenvalue weighted by molar-refractivity contribution is 5.79. The molecule has 1 aromatic carbocycles. The smallest absolute Gasteiger partial charge is 0.191 e. The number of nitrogens with zero attached hydrogens (tertiary/aromatic N) is 2. The Kier molecular flexibility index (Phi) is 6.73. The van der Waals surface area contributed by atoms with Gasteiger partial charge in [-0.05, 0) is 41.7 Å². The minimum absolute atomic E-state index is 0.482. The van der Waals surface area contributed by atoms with E-state index < -0.39 is 0 Å². The van der Waals surface area contributed by atoms with Crippen LogP contribution in [0.4, 0.5) is 0 Å². The van der Waals surface area contributed by atoms with Crippen LogP contribution in [-0.2, 0) is 13.6 Å². The lowest BCUT2D eigenvalue weighted by Gasteiger charge is -2.15. The molecule has 0 amide bonds. The van der Waals surface area contributed by atoms with E-state index in [4.69, 9.17) is 4.74 Å². The lowest BCUT2D eigenvalue weighted by Crippen LogP contribution is -2.37. The summed E-state index contributed by atoms with van der Waals surface area (Å²) in [5.41, 5.74) is 2.57. The van der Waals surface area contributed by atoms with E-state index in [1.54, 1.807) is 14.2 Å². The average Bonchev–Trinajstić information content (AvgIpc) is 3.03. The van der Waals surface area contributed by atoms with Gasteiger partial charge in [0.15, 0.2) is 5.96 Å². The van der Waals surface area contributed by atoms with Gasteiger partial charge in [-0.25, -0.2) is 0 Å². The third-order valence-electron chi connectivity index (χ3n) is 4.13. The average molecular weight is 328 g/mol. The van der Waals surface area contributed by atoms with Gasteiger partial charge < -0.3 is 19.9 Å². The Morgan fingerprint density at radius 3 is 2.54 bits per heavy atom. The molecule has 130 valence electrons. The Hall–Kier alpha value is -2.43. The summed E-state index contributed by atoms with van der Waals surface area (Å²) in [7, 11) is 5.51. The first-order valence-corrected chi connectivity index (χ1v) is 8.31. The molecule has 1 heterocycles. The maximum Gasteiger partial charge on any atom is 0.191 e. The predicted molar refractivity (Wildman–Crippen MR) is 99.6 cm³/mol. The minimum Gasteiger partial charge on any atom is -0.497 e. The summed E-state index contributed by atoms with van der Waals surface area (Å²) in [5, 5.41) is 6.71. The number of methoxy groups -OCH3 is 1. The molecule has 5 heteroatoms. The highest BCUT2D eigenvalue weighted by atomic mass is 16.5. The van der Waals surface area contributed by atoms with Crippen LogP contribution < -0.4 is 15.4 Å². The van der Waals surface area contributed by atoms with E-state index in [0.29, 0.717) is 5.92 Å². The molecule has 0 bridgehead atoms. The predicted octanol–water partition coefficient (Wildman–Crippen LogP) is 2.89. The van der Waals surface area contributed by atoms with Gasteiger partial charge >= 0.3 is 0 Å². The molecule has 0 saturated carbocycles. The second-order valence-electron chi connectivity index (χ2n) is 6.00. The first-order chi connectivity index (χ1) is 11.6. The molecule has 5 nitrogen and oxygen atoms in total.